The molecule has 2 aromatic heterocycles. The molecule has 1 amide bonds. The number of hydrogen-bond acceptors (Lipinski definition) is 6. The maximum atomic E-state index is 12.9. The van der Waals surface area contributed by atoms with Crippen molar-refractivity contribution in [2.75, 3.05) is 11.1 Å². The van der Waals surface area contributed by atoms with Crippen LogP contribution in [-0.2, 0) is 4.79 Å². The number of nitrogen functional groups attached to an aromatic ring is 1. The van der Waals surface area contributed by atoms with E-state index in [-0.39, 0.29) is 12.4 Å². The number of benzene rings is 2. The fourth-order valence-electron chi connectivity index (χ4n) is 3.99. The molecule has 3 N–H and O–H groups in total. The van der Waals surface area contributed by atoms with Crippen LogP contribution in [0.5, 0.6) is 11.6 Å². The van der Waals surface area contributed by atoms with Crippen LogP contribution in [0.2, 0.25) is 0 Å². The SMILES string of the molecule is Cc1ccc2c(NC(=O)[C@H]3CC3C(F)F)cccc2c1Oc1ncccc1-c1ccnc(N)n1. The highest BCUT2D eigenvalue weighted by Crippen LogP contribution is 2.44. The number of carbonyl (C=O) groups excluding carboxylic acids is 1. The van der Waals surface area contributed by atoms with Gasteiger partial charge < -0.3 is 15.8 Å². The molecule has 2 atom stereocenters. The molecule has 0 bridgehead atoms. The molecule has 1 fully saturated rings. The van der Waals surface area contributed by atoms with Crippen molar-refractivity contribution in [3.05, 3.63) is 66.5 Å². The second-order valence-corrected chi connectivity index (χ2v) is 8.20. The van der Waals surface area contributed by atoms with Crippen LogP contribution >= 0.6 is 0 Å². The van der Waals surface area contributed by atoms with Crippen molar-refractivity contribution >= 4 is 28.3 Å². The summed E-state index contributed by atoms with van der Waals surface area (Å²) in [6.45, 7) is 1.91. The Morgan fingerprint density at radius 3 is 2.71 bits per heavy atom. The predicted octanol–water partition coefficient (Wildman–Crippen LogP) is 5.21. The van der Waals surface area contributed by atoms with Crippen LogP contribution in [0, 0.1) is 18.8 Å². The van der Waals surface area contributed by atoms with Gasteiger partial charge in [0.25, 0.3) is 0 Å². The van der Waals surface area contributed by atoms with Crippen molar-refractivity contribution in [2.24, 2.45) is 11.8 Å². The van der Waals surface area contributed by atoms with E-state index in [0.717, 1.165) is 16.3 Å². The van der Waals surface area contributed by atoms with E-state index in [1.807, 2.05) is 31.2 Å². The highest BCUT2D eigenvalue weighted by atomic mass is 19.3. The molecule has 1 unspecified atom stereocenters. The first-order valence-electron chi connectivity index (χ1n) is 10.8. The van der Waals surface area contributed by atoms with Crippen molar-refractivity contribution in [1.29, 1.82) is 0 Å². The first-order valence-corrected chi connectivity index (χ1v) is 10.8. The number of carbonyl (C=O) groups is 1. The highest BCUT2D eigenvalue weighted by Gasteiger charge is 2.48. The van der Waals surface area contributed by atoms with Crippen LogP contribution in [-0.4, -0.2) is 27.3 Å². The quantitative estimate of drug-likeness (QED) is 0.408. The lowest BCUT2D eigenvalue weighted by Crippen LogP contribution is -2.16. The standard InChI is InChI=1S/C25H21F2N5O2/c1-13-7-8-14-15(4-2-6-19(14)31-23(33)18-12-17(18)22(26)27)21(13)34-24-16(5-3-10-29-24)20-9-11-30-25(28)32-20/h2-11,17-18,22H,12H2,1H3,(H,31,33)(H2,28,30,32)/t17?,18-/m0/s1. The summed E-state index contributed by atoms with van der Waals surface area (Å²) in [6, 6.07) is 14.5. The molecule has 2 heterocycles. The largest absolute Gasteiger partial charge is 0.437 e. The van der Waals surface area contributed by atoms with Crippen LogP contribution in [0.4, 0.5) is 20.4 Å². The summed E-state index contributed by atoms with van der Waals surface area (Å²) in [5.74, 6) is -0.883. The van der Waals surface area contributed by atoms with Gasteiger partial charge in [-0.1, -0.05) is 24.3 Å². The van der Waals surface area contributed by atoms with Gasteiger partial charge in [0, 0.05) is 40.7 Å². The number of aromatic nitrogens is 3. The van der Waals surface area contributed by atoms with Crippen LogP contribution < -0.4 is 15.8 Å². The Bertz CT molecular complexity index is 1400. The molecule has 172 valence electrons. The molecule has 4 aromatic rings. The normalized spacial score (nSPS) is 17.1. The Morgan fingerprint density at radius 2 is 1.94 bits per heavy atom. The lowest BCUT2D eigenvalue weighted by atomic mass is 10.0. The molecule has 0 radical (unpaired) electrons. The third kappa shape index (κ3) is 4.12. The van der Waals surface area contributed by atoms with Crippen molar-refractivity contribution in [2.45, 2.75) is 19.8 Å². The average molecular weight is 461 g/mol. The third-order valence-corrected chi connectivity index (χ3v) is 5.89. The van der Waals surface area contributed by atoms with Crippen LogP contribution in [0.3, 0.4) is 0 Å². The maximum absolute atomic E-state index is 12.9. The molecule has 1 saturated carbocycles. The van der Waals surface area contributed by atoms with E-state index in [9.17, 15) is 13.6 Å². The Morgan fingerprint density at radius 1 is 1.09 bits per heavy atom. The fourth-order valence-corrected chi connectivity index (χ4v) is 3.99. The summed E-state index contributed by atoms with van der Waals surface area (Å²) >= 11 is 0. The van der Waals surface area contributed by atoms with Crippen molar-refractivity contribution in [3.63, 3.8) is 0 Å². The molecule has 0 saturated heterocycles. The Balaban J connectivity index is 1.50. The molecule has 5 rings (SSSR count). The number of pyridine rings is 1. The smallest absolute Gasteiger partial charge is 0.242 e. The summed E-state index contributed by atoms with van der Waals surface area (Å²) in [5, 5.41) is 4.29. The van der Waals surface area contributed by atoms with Gasteiger partial charge in [0.2, 0.25) is 24.2 Å². The van der Waals surface area contributed by atoms with Gasteiger partial charge in [0.1, 0.15) is 5.75 Å². The van der Waals surface area contributed by atoms with E-state index in [0.29, 0.717) is 28.6 Å². The van der Waals surface area contributed by atoms with E-state index in [1.54, 1.807) is 36.7 Å². The fraction of sp³-hybridized carbons (Fsp3) is 0.200. The summed E-state index contributed by atoms with van der Waals surface area (Å²) in [6.07, 6.45) is 0.900. The molecule has 1 aliphatic rings. The Labute approximate surface area is 194 Å². The van der Waals surface area contributed by atoms with Crippen LogP contribution in [0.15, 0.2) is 60.9 Å². The molecule has 0 spiro atoms. The summed E-state index contributed by atoms with van der Waals surface area (Å²) in [4.78, 5) is 25.1. The van der Waals surface area contributed by atoms with Crippen molar-refractivity contribution < 1.29 is 18.3 Å². The van der Waals surface area contributed by atoms with Gasteiger partial charge in [-0.2, -0.15) is 0 Å². The Kier molecular flexibility index (Phi) is 5.53. The molecule has 1 aliphatic carbocycles. The molecular weight excluding hydrogens is 440 g/mol. The topological polar surface area (TPSA) is 103 Å². The minimum Gasteiger partial charge on any atom is -0.437 e. The number of amides is 1. The molecule has 34 heavy (non-hydrogen) atoms. The van der Waals surface area contributed by atoms with Gasteiger partial charge >= 0.3 is 0 Å². The molecular formula is C25H21F2N5O2. The highest BCUT2D eigenvalue weighted by molar-refractivity contribution is 6.05. The number of rotatable bonds is 6. The average Bonchev–Trinajstić information content (AvgIpc) is 3.63. The first kappa shape index (κ1) is 21.7. The van der Waals surface area contributed by atoms with Gasteiger partial charge in [-0.05, 0) is 43.2 Å². The van der Waals surface area contributed by atoms with Crippen molar-refractivity contribution in [3.8, 4) is 22.9 Å². The van der Waals surface area contributed by atoms with Crippen LogP contribution in [0.1, 0.15) is 12.0 Å². The lowest BCUT2D eigenvalue weighted by molar-refractivity contribution is -0.118. The number of anilines is 2. The summed E-state index contributed by atoms with van der Waals surface area (Å²) in [7, 11) is 0. The van der Waals surface area contributed by atoms with Gasteiger partial charge in [-0.15, -0.1) is 0 Å². The second-order valence-electron chi connectivity index (χ2n) is 8.20. The minimum atomic E-state index is -2.48. The van der Waals surface area contributed by atoms with E-state index in [1.165, 1.54) is 0 Å². The van der Waals surface area contributed by atoms with E-state index >= 15 is 0 Å². The maximum Gasteiger partial charge on any atom is 0.242 e. The zero-order valence-corrected chi connectivity index (χ0v) is 18.2. The minimum absolute atomic E-state index is 0.138. The van der Waals surface area contributed by atoms with Gasteiger partial charge in [-0.3, -0.25) is 4.79 Å². The molecule has 0 aliphatic heterocycles. The second kappa shape index (κ2) is 8.66. The number of nitrogens with two attached hydrogens (primary N) is 1. The van der Waals surface area contributed by atoms with E-state index < -0.39 is 24.2 Å². The number of hydrogen-bond donors (Lipinski definition) is 2. The van der Waals surface area contributed by atoms with Gasteiger partial charge in [0.15, 0.2) is 0 Å². The van der Waals surface area contributed by atoms with E-state index in [4.69, 9.17) is 10.5 Å². The predicted molar refractivity (Wildman–Crippen MR) is 125 cm³/mol. The number of fused-ring (bicyclic) bond motifs is 1. The third-order valence-electron chi connectivity index (χ3n) is 5.89. The van der Waals surface area contributed by atoms with Gasteiger partial charge in [0.05, 0.1) is 11.3 Å². The zero-order valence-electron chi connectivity index (χ0n) is 18.2. The number of nitrogens with zero attached hydrogens (tertiary/aromatic N) is 3. The summed E-state index contributed by atoms with van der Waals surface area (Å²) in [5.41, 5.74) is 8.35. The number of halogens is 2. The number of aryl methyl sites for hydroxylation is 1. The molecule has 7 nitrogen and oxygen atoms in total. The monoisotopic (exact) mass is 461 g/mol. The Hall–Kier alpha value is -4.14. The lowest BCUT2D eigenvalue weighted by Gasteiger charge is -2.16. The first-order chi connectivity index (χ1) is 16.4. The van der Waals surface area contributed by atoms with Crippen LogP contribution in [0.25, 0.3) is 22.0 Å². The van der Waals surface area contributed by atoms with Gasteiger partial charge in [-0.25, -0.2) is 23.7 Å². The summed E-state index contributed by atoms with van der Waals surface area (Å²) < 4.78 is 32.1. The number of alkyl halides is 2. The van der Waals surface area contributed by atoms with Crippen molar-refractivity contribution in [1.82, 2.24) is 15.0 Å². The molecule has 9 heteroatoms. The number of nitrogens with one attached hydrogen (secondary N) is 1. The number of ether oxygens (including phenoxy) is 1. The molecule has 2 aromatic carbocycles. The zero-order chi connectivity index (χ0) is 23.8. The van der Waals surface area contributed by atoms with E-state index in [2.05, 4.69) is 20.3 Å².